The lowest BCUT2D eigenvalue weighted by atomic mass is 10.1. The summed E-state index contributed by atoms with van der Waals surface area (Å²) in [6.07, 6.45) is 2.26. The fourth-order valence-electron chi connectivity index (χ4n) is 4.46. The van der Waals surface area contributed by atoms with Gasteiger partial charge in [-0.2, -0.15) is 5.10 Å². The number of H-pyrrole nitrogens is 1. The van der Waals surface area contributed by atoms with Crippen LogP contribution in [0.4, 0.5) is 10.2 Å². The minimum atomic E-state index is -0.331. The van der Waals surface area contributed by atoms with Gasteiger partial charge in [-0.05, 0) is 42.8 Å². The molecule has 35 heavy (non-hydrogen) atoms. The van der Waals surface area contributed by atoms with Gasteiger partial charge in [0, 0.05) is 49.3 Å². The SMILES string of the molecule is Cc1cc(NC(=O)CN2CCN(C(=O)Cc3c[nH]c4ccccc34)CC2)n(-c2ccc(F)cc2)n1. The summed E-state index contributed by atoms with van der Waals surface area (Å²) in [4.78, 5) is 32.7. The number of aryl methyl sites for hydroxylation is 1. The lowest BCUT2D eigenvalue weighted by Gasteiger charge is -2.34. The first-order valence-electron chi connectivity index (χ1n) is 11.6. The van der Waals surface area contributed by atoms with Gasteiger partial charge in [0.15, 0.2) is 0 Å². The van der Waals surface area contributed by atoms with Crippen LogP contribution in [0.3, 0.4) is 0 Å². The van der Waals surface area contributed by atoms with Gasteiger partial charge in [-0.15, -0.1) is 0 Å². The summed E-state index contributed by atoms with van der Waals surface area (Å²) < 4.78 is 14.9. The molecule has 0 spiro atoms. The van der Waals surface area contributed by atoms with Gasteiger partial charge in [0.2, 0.25) is 11.8 Å². The largest absolute Gasteiger partial charge is 0.361 e. The van der Waals surface area contributed by atoms with Crippen molar-refractivity contribution in [1.29, 1.82) is 0 Å². The molecule has 1 aliphatic rings. The molecule has 9 heteroatoms. The standard InChI is InChI=1S/C26H27FN6O2/c1-18-14-24(33(30-18)21-8-6-20(27)7-9-21)29-25(34)17-31-10-12-32(13-11-31)26(35)15-19-16-28-23-5-3-2-4-22(19)23/h2-9,14,16,28H,10-13,15,17H2,1H3,(H,29,34). The molecule has 2 aromatic carbocycles. The smallest absolute Gasteiger partial charge is 0.239 e. The summed E-state index contributed by atoms with van der Waals surface area (Å²) in [7, 11) is 0. The number of amides is 2. The van der Waals surface area contributed by atoms with E-state index in [2.05, 4.69) is 15.4 Å². The maximum absolute atomic E-state index is 13.3. The molecule has 1 aliphatic heterocycles. The number of rotatable bonds is 6. The second-order valence-electron chi connectivity index (χ2n) is 8.80. The zero-order valence-electron chi connectivity index (χ0n) is 19.5. The first kappa shape index (κ1) is 22.8. The summed E-state index contributed by atoms with van der Waals surface area (Å²) in [6.45, 7) is 4.48. The second-order valence-corrected chi connectivity index (χ2v) is 8.80. The number of nitrogens with one attached hydrogen (secondary N) is 2. The molecular formula is C26H27FN6O2. The van der Waals surface area contributed by atoms with Crippen molar-refractivity contribution in [3.8, 4) is 5.69 Å². The van der Waals surface area contributed by atoms with Crippen molar-refractivity contribution in [2.24, 2.45) is 0 Å². The van der Waals surface area contributed by atoms with Crippen LogP contribution in [0.15, 0.2) is 60.8 Å². The maximum Gasteiger partial charge on any atom is 0.239 e. The normalized spacial score (nSPS) is 14.4. The summed E-state index contributed by atoms with van der Waals surface area (Å²) in [5.74, 6) is 0.137. The highest BCUT2D eigenvalue weighted by molar-refractivity contribution is 5.92. The van der Waals surface area contributed by atoms with E-state index in [1.807, 2.05) is 47.2 Å². The lowest BCUT2D eigenvalue weighted by Crippen LogP contribution is -2.50. The number of piperazine rings is 1. The molecule has 0 unspecified atom stereocenters. The average molecular weight is 475 g/mol. The van der Waals surface area contributed by atoms with Gasteiger partial charge >= 0.3 is 0 Å². The number of fused-ring (bicyclic) bond motifs is 1. The minimum Gasteiger partial charge on any atom is -0.361 e. The third-order valence-corrected chi connectivity index (χ3v) is 6.28. The molecule has 5 rings (SSSR count). The molecule has 1 saturated heterocycles. The quantitative estimate of drug-likeness (QED) is 0.450. The molecule has 2 aromatic heterocycles. The average Bonchev–Trinajstić information content (AvgIpc) is 3.43. The van der Waals surface area contributed by atoms with Gasteiger partial charge in [0.05, 0.1) is 24.3 Å². The predicted molar refractivity (Wildman–Crippen MR) is 132 cm³/mol. The van der Waals surface area contributed by atoms with E-state index in [-0.39, 0.29) is 24.2 Å². The number of aromatic nitrogens is 3. The highest BCUT2D eigenvalue weighted by Gasteiger charge is 2.23. The lowest BCUT2D eigenvalue weighted by molar-refractivity contribution is -0.132. The molecule has 4 aromatic rings. The number of benzene rings is 2. The third kappa shape index (κ3) is 5.09. The summed E-state index contributed by atoms with van der Waals surface area (Å²) >= 11 is 0. The molecule has 2 N–H and O–H groups in total. The Morgan fingerprint density at radius 3 is 2.57 bits per heavy atom. The Bertz CT molecular complexity index is 1350. The zero-order valence-corrected chi connectivity index (χ0v) is 19.5. The Balaban J connectivity index is 1.14. The molecular weight excluding hydrogens is 447 g/mol. The van der Waals surface area contributed by atoms with Crippen LogP contribution < -0.4 is 5.32 Å². The molecule has 3 heterocycles. The molecule has 0 bridgehead atoms. The minimum absolute atomic E-state index is 0.0949. The van der Waals surface area contributed by atoms with Gasteiger partial charge in [-0.25, -0.2) is 9.07 Å². The zero-order chi connectivity index (χ0) is 24.4. The summed E-state index contributed by atoms with van der Waals surface area (Å²) in [6, 6.07) is 15.7. The molecule has 0 radical (unpaired) electrons. The fourth-order valence-corrected chi connectivity index (χ4v) is 4.46. The fraction of sp³-hybridized carbons (Fsp3) is 0.269. The van der Waals surface area contributed by atoms with E-state index < -0.39 is 0 Å². The van der Waals surface area contributed by atoms with Gasteiger partial charge < -0.3 is 15.2 Å². The van der Waals surface area contributed by atoms with Crippen molar-refractivity contribution in [1.82, 2.24) is 24.6 Å². The van der Waals surface area contributed by atoms with Gasteiger partial charge in [0.1, 0.15) is 11.6 Å². The van der Waals surface area contributed by atoms with E-state index in [1.165, 1.54) is 12.1 Å². The molecule has 2 amide bonds. The van der Waals surface area contributed by atoms with E-state index in [0.717, 1.165) is 22.2 Å². The van der Waals surface area contributed by atoms with Gasteiger partial charge in [-0.3, -0.25) is 14.5 Å². The molecule has 0 saturated carbocycles. The Morgan fingerprint density at radius 1 is 1.06 bits per heavy atom. The number of hydrogen-bond donors (Lipinski definition) is 2. The topological polar surface area (TPSA) is 86.3 Å². The van der Waals surface area contributed by atoms with Crippen molar-refractivity contribution >= 4 is 28.5 Å². The summed E-state index contributed by atoms with van der Waals surface area (Å²) in [5.41, 5.74) is 3.44. The van der Waals surface area contributed by atoms with E-state index >= 15 is 0 Å². The van der Waals surface area contributed by atoms with Crippen LogP contribution in [0.2, 0.25) is 0 Å². The van der Waals surface area contributed by atoms with Gasteiger partial charge in [-0.1, -0.05) is 18.2 Å². The van der Waals surface area contributed by atoms with Crippen LogP contribution in [-0.2, 0) is 16.0 Å². The highest BCUT2D eigenvalue weighted by atomic mass is 19.1. The Hall–Kier alpha value is -3.98. The van der Waals surface area contributed by atoms with E-state index in [9.17, 15) is 14.0 Å². The number of para-hydroxylation sites is 1. The van der Waals surface area contributed by atoms with Crippen molar-refractivity contribution in [2.75, 3.05) is 38.0 Å². The van der Waals surface area contributed by atoms with Crippen molar-refractivity contribution in [3.05, 3.63) is 77.9 Å². The highest BCUT2D eigenvalue weighted by Crippen LogP contribution is 2.20. The van der Waals surface area contributed by atoms with E-state index in [0.29, 0.717) is 44.1 Å². The molecule has 180 valence electrons. The molecule has 0 aliphatic carbocycles. The van der Waals surface area contributed by atoms with Crippen LogP contribution >= 0.6 is 0 Å². The van der Waals surface area contributed by atoms with Crippen LogP contribution in [0, 0.1) is 12.7 Å². The first-order valence-corrected chi connectivity index (χ1v) is 11.6. The molecule has 1 fully saturated rings. The number of carbonyl (C=O) groups is 2. The van der Waals surface area contributed by atoms with E-state index in [4.69, 9.17) is 0 Å². The van der Waals surface area contributed by atoms with Crippen molar-refractivity contribution < 1.29 is 14.0 Å². The second kappa shape index (κ2) is 9.71. The van der Waals surface area contributed by atoms with Crippen molar-refractivity contribution in [3.63, 3.8) is 0 Å². The third-order valence-electron chi connectivity index (χ3n) is 6.28. The number of carbonyl (C=O) groups excluding carboxylic acids is 2. The van der Waals surface area contributed by atoms with Crippen LogP contribution in [-0.4, -0.2) is 69.1 Å². The van der Waals surface area contributed by atoms with Gasteiger partial charge in [0.25, 0.3) is 0 Å². The van der Waals surface area contributed by atoms with E-state index in [1.54, 1.807) is 22.9 Å². The maximum atomic E-state index is 13.3. The number of halogens is 1. The van der Waals surface area contributed by atoms with Crippen LogP contribution in [0.25, 0.3) is 16.6 Å². The predicted octanol–water partition coefficient (Wildman–Crippen LogP) is 3.13. The molecule has 8 nitrogen and oxygen atoms in total. The Labute approximate surface area is 202 Å². The monoisotopic (exact) mass is 474 g/mol. The number of aromatic amines is 1. The first-order chi connectivity index (χ1) is 17.0. The Morgan fingerprint density at radius 2 is 1.80 bits per heavy atom. The molecule has 0 atom stereocenters. The Kier molecular flexibility index (Phi) is 6.33. The summed E-state index contributed by atoms with van der Waals surface area (Å²) in [5, 5.41) is 8.40. The number of nitrogens with zero attached hydrogens (tertiary/aromatic N) is 4. The van der Waals surface area contributed by atoms with Crippen molar-refractivity contribution in [2.45, 2.75) is 13.3 Å². The number of hydrogen-bond acceptors (Lipinski definition) is 4. The van der Waals surface area contributed by atoms with Crippen LogP contribution in [0.1, 0.15) is 11.3 Å². The number of anilines is 1. The van der Waals surface area contributed by atoms with Crippen LogP contribution in [0.5, 0.6) is 0 Å².